The van der Waals surface area contributed by atoms with Crippen molar-refractivity contribution in [2.24, 2.45) is 0 Å². The number of rotatable bonds is 9. The number of ether oxygens (including phenoxy) is 2. The Morgan fingerprint density at radius 3 is 2.44 bits per heavy atom. The third-order valence-corrected chi connectivity index (χ3v) is 4.46. The number of aromatic nitrogens is 1. The van der Waals surface area contributed by atoms with Crippen LogP contribution in [0, 0.1) is 13.8 Å². The topological polar surface area (TPSA) is 71.6 Å². The van der Waals surface area contributed by atoms with Gasteiger partial charge in [-0.3, -0.25) is 14.5 Å². The zero-order chi connectivity index (χ0) is 20.1. The molecular formula is C21H28N2O4. The Bertz CT molecular complexity index is 839. The van der Waals surface area contributed by atoms with Gasteiger partial charge >= 0.3 is 0 Å². The molecule has 0 atom stereocenters. The number of hydrogen-bond donors (Lipinski definition) is 1. The SMILES string of the molecule is CCOc1ccc(CN(C)CC(=O)c2[nH]c(C)c(C(C)=O)c2C)cc1OC. The zero-order valence-corrected chi connectivity index (χ0v) is 16.9. The van der Waals surface area contributed by atoms with E-state index in [9.17, 15) is 9.59 Å². The van der Waals surface area contributed by atoms with Crippen LogP contribution in [0.15, 0.2) is 18.2 Å². The molecule has 2 rings (SSSR count). The summed E-state index contributed by atoms with van der Waals surface area (Å²) >= 11 is 0. The van der Waals surface area contributed by atoms with Gasteiger partial charge in [-0.25, -0.2) is 0 Å². The molecule has 1 aromatic carbocycles. The van der Waals surface area contributed by atoms with E-state index in [-0.39, 0.29) is 18.1 Å². The fraction of sp³-hybridized carbons (Fsp3) is 0.429. The maximum atomic E-state index is 12.7. The smallest absolute Gasteiger partial charge is 0.193 e. The minimum absolute atomic E-state index is 0.0323. The summed E-state index contributed by atoms with van der Waals surface area (Å²) in [6.07, 6.45) is 0. The molecule has 1 aromatic heterocycles. The highest BCUT2D eigenvalue weighted by Gasteiger charge is 2.20. The minimum Gasteiger partial charge on any atom is -0.493 e. The average molecular weight is 372 g/mol. The number of benzene rings is 1. The molecule has 0 aliphatic carbocycles. The first-order chi connectivity index (χ1) is 12.8. The fourth-order valence-corrected chi connectivity index (χ4v) is 3.33. The number of carbonyl (C=O) groups excluding carboxylic acids is 2. The standard InChI is InChI=1S/C21H28N2O4/c1-7-27-18-9-8-16(10-19(18)26-6)11-23(5)12-17(25)21-13(2)20(15(4)24)14(3)22-21/h8-10,22H,7,11-12H2,1-6H3. The summed E-state index contributed by atoms with van der Waals surface area (Å²) in [5.41, 5.74) is 3.60. The monoisotopic (exact) mass is 372 g/mol. The molecule has 0 amide bonds. The van der Waals surface area contributed by atoms with E-state index in [2.05, 4.69) is 4.98 Å². The van der Waals surface area contributed by atoms with Crippen LogP contribution in [-0.2, 0) is 6.54 Å². The van der Waals surface area contributed by atoms with Gasteiger partial charge in [-0.1, -0.05) is 6.07 Å². The summed E-state index contributed by atoms with van der Waals surface area (Å²) in [5.74, 6) is 1.31. The molecule has 6 nitrogen and oxygen atoms in total. The lowest BCUT2D eigenvalue weighted by molar-refractivity contribution is 0.0937. The van der Waals surface area contributed by atoms with Crippen molar-refractivity contribution in [1.29, 1.82) is 0 Å². The molecule has 0 saturated carbocycles. The normalized spacial score (nSPS) is 10.9. The number of carbonyl (C=O) groups is 2. The van der Waals surface area contributed by atoms with Gasteiger partial charge in [0.15, 0.2) is 23.1 Å². The van der Waals surface area contributed by atoms with Crippen LogP contribution in [0.3, 0.4) is 0 Å². The maximum Gasteiger partial charge on any atom is 0.193 e. The number of nitrogens with zero attached hydrogens (tertiary/aromatic N) is 1. The quantitative estimate of drug-likeness (QED) is 0.682. The van der Waals surface area contributed by atoms with Gasteiger partial charge in [0.05, 0.1) is 26.0 Å². The Kier molecular flexibility index (Phi) is 6.80. The highest BCUT2D eigenvalue weighted by molar-refractivity contribution is 6.03. The molecule has 0 fully saturated rings. The molecule has 0 spiro atoms. The van der Waals surface area contributed by atoms with Crippen LogP contribution in [0.1, 0.15) is 51.5 Å². The molecule has 0 saturated heterocycles. The van der Waals surface area contributed by atoms with Gasteiger partial charge in [-0.15, -0.1) is 0 Å². The Morgan fingerprint density at radius 2 is 1.89 bits per heavy atom. The predicted octanol–water partition coefficient (Wildman–Crippen LogP) is 3.56. The molecule has 0 radical (unpaired) electrons. The van der Waals surface area contributed by atoms with Crippen LogP contribution in [0.5, 0.6) is 11.5 Å². The van der Waals surface area contributed by atoms with E-state index in [0.717, 1.165) is 16.8 Å². The van der Waals surface area contributed by atoms with Crippen molar-refractivity contribution in [3.8, 4) is 11.5 Å². The number of hydrogen-bond acceptors (Lipinski definition) is 5. The number of aryl methyl sites for hydroxylation is 1. The number of ketones is 2. The minimum atomic E-state index is -0.0384. The van der Waals surface area contributed by atoms with Gasteiger partial charge in [-0.05, 0) is 58.0 Å². The van der Waals surface area contributed by atoms with E-state index >= 15 is 0 Å². The lowest BCUT2D eigenvalue weighted by Gasteiger charge is -2.17. The van der Waals surface area contributed by atoms with E-state index in [1.807, 2.05) is 50.9 Å². The number of likely N-dealkylation sites (N-methyl/N-ethyl adjacent to an activating group) is 1. The first kappa shape index (κ1) is 20.7. The van der Waals surface area contributed by atoms with E-state index in [4.69, 9.17) is 9.47 Å². The second kappa shape index (κ2) is 8.86. The highest BCUT2D eigenvalue weighted by atomic mass is 16.5. The summed E-state index contributed by atoms with van der Waals surface area (Å²) in [5, 5.41) is 0. The third-order valence-electron chi connectivity index (χ3n) is 4.46. The maximum absolute atomic E-state index is 12.7. The van der Waals surface area contributed by atoms with Crippen molar-refractivity contribution in [2.75, 3.05) is 27.3 Å². The first-order valence-corrected chi connectivity index (χ1v) is 9.00. The zero-order valence-electron chi connectivity index (χ0n) is 16.9. The second-order valence-corrected chi connectivity index (χ2v) is 6.69. The number of nitrogens with one attached hydrogen (secondary N) is 1. The number of H-pyrrole nitrogens is 1. The number of methoxy groups -OCH3 is 1. The van der Waals surface area contributed by atoms with Crippen molar-refractivity contribution in [1.82, 2.24) is 9.88 Å². The molecule has 1 N–H and O–H groups in total. The van der Waals surface area contributed by atoms with Gasteiger partial charge in [0.2, 0.25) is 0 Å². The third kappa shape index (κ3) is 4.77. The Labute approximate surface area is 160 Å². The number of Topliss-reactive ketones (excluding diaryl/α,β-unsaturated/α-hetero) is 2. The first-order valence-electron chi connectivity index (χ1n) is 9.00. The van der Waals surface area contributed by atoms with Gasteiger partial charge in [0, 0.05) is 17.8 Å². The molecule has 0 aliphatic heterocycles. The van der Waals surface area contributed by atoms with Gasteiger partial charge < -0.3 is 14.5 Å². The molecule has 0 bridgehead atoms. The Morgan fingerprint density at radius 1 is 1.19 bits per heavy atom. The van der Waals surface area contributed by atoms with E-state index < -0.39 is 0 Å². The largest absolute Gasteiger partial charge is 0.493 e. The van der Waals surface area contributed by atoms with Crippen LogP contribution in [0.2, 0.25) is 0 Å². The molecule has 6 heteroatoms. The fourth-order valence-electron chi connectivity index (χ4n) is 3.33. The average Bonchev–Trinajstić information content (AvgIpc) is 2.90. The van der Waals surface area contributed by atoms with Crippen molar-refractivity contribution < 1.29 is 19.1 Å². The van der Waals surface area contributed by atoms with E-state index in [0.29, 0.717) is 35.9 Å². The summed E-state index contributed by atoms with van der Waals surface area (Å²) in [7, 11) is 3.50. The summed E-state index contributed by atoms with van der Waals surface area (Å²) < 4.78 is 10.9. The van der Waals surface area contributed by atoms with Gasteiger partial charge in [0.25, 0.3) is 0 Å². The molecule has 2 aromatic rings. The van der Waals surface area contributed by atoms with Crippen LogP contribution in [0.4, 0.5) is 0 Å². The van der Waals surface area contributed by atoms with Crippen molar-refractivity contribution in [2.45, 2.75) is 34.2 Å². The van der Waals surface area contributed by atoms with Gasteiger partial charge in [-0.2, -0.15) is 0 Å². The van der Waals surface area contributed by atoms with E-state index in [1.54, 1.807) is 7.11 Å². The van der Waals surface area contributed by atoms with Crippen molar-refractivity contribution in [3.05, 3.63) is 46.3 Å². The lowest BCUT2D eigenvalue weighted by Crippen LogP contribution is -2.26. The predicted molar refractivity (Wildman–Crippen MR) is 105 cm³/mol. The molecule has 146 valence electrons. The van der Waals surface area contributed by atoms with E-state index in [1.165, 1.54) is 6.92 Å². The number of aromatic amines is 1. The molecule has 1 heterocycles. The van der Waals surface area contributed by atoms with Crippen LogP contribution in [-0.4, -0.2) is 48.8 Å². The van der Waals surface area contributed by atoms with Crippen LogP contribution >= 0.6 is 0 Å². The summed E-state index contributed by atoms with van der Waals surface area (Å²) in [4.78, 5) is 29.4. The molecule has 0 unspecified atom stereocenters. The molecule has 0 aliphatic rings. The Hall–Kier alpha value is -2.60. The summed E-state index contributed by atoms with van der Waals surface area (Å²) in [6, 6.07) is 5.77. The van der Waals surface area contributed by atoms with Crippen molar-refractivity contribution >= 4 is 11.6 Å². The van der Waals surface area contributed by atoms with Gasteiger partial charge in [0.1, 0.15) is 0 Å². The highest BCUT2D eigenvalue weighted by Crippen LogP contribution is 2.28. The van der Waals surface area contributed by atoms with Crippen LogP contribution < -0.4 is 9.47 Å². The Balaban J connectivity index is 2.10. The van der Waals surface area contributed by atoms with Crippen LogP contribution in [0.25, 0.3) is 0 Å². The van der Waals surface area contributed by atoms with Crippen molar-refractivity contribution in [3.63, 3.8) is 0 Å². The second-order valence-electron chi connectivity index (χ2n) is 6.69. The molecular weight excluding hydrogens is 344 g/mol. The summed E-state index contributed by atoms with van der Waals surface area (Å²) in [6.45, 7) is 8.47. The lowest BCUT2D eigenvalue weighted by atomic mass is 10.1. The molecule has 27 heavy (non-hydrogen) atoms.